The summed E-state index contributed by atoms with van der Waals surface area (Å²) in [6, 6.07) is 2.01. The third kappa shape index (κ3) is 1.50. The van der Waals surface area contributed by atoms with Gasteiger partial charge in [0.05, 0.1) is 10.7 Å². The maximum Gasteiger partial charge on any atom is 0.137 e. The Kier molecular flexibility index (Phi) is 2.23. The highest BCUT2D eigenvalue weighted by molar-refractivity contribution is 6.31. The van der Waals surface area contributed by atoms with E-state index in [2.05, 4.69) is 18.8 Å². The largest absolute Gasteiger partial charge is 0.305 e. The second-order valence-corrected chi connectivity index (χ2v) is 4.30. The van der Waals surface area contributed by atoms with Gasteiger partial charge in [0.25, 0.3) is 0 Å². The number of imidazole rings is 1. The molecule has 0 fully saturated rings. The summed E-state index contributed by atoms with van der Waals surface area (Å²) in [5, 5.41) is 0.783. The summed E-state index contributed by atoms with van der Waals surface area (Å²) in [6.07, 6.45) is 3.94. The van der Waals surface area contributed by atoms with E-state index in [4.69, 9.17) is 11.6 Å². The molecule has 14 heavy (non-hydrogen) atoms. The second kappa shape index (κ2) is 3.28. The van der Waals surface area contributed by atoms with Crippen molar-refractivity contribution >= 4 is 17.2 Å². The van der Waals surface area contributed by atoms with E-state index in [9.17, 15) is 0 Å². The molecule has 2 rings (SSSR count). The van der Waals surface area contributed by atoms with Crippen molar-refractivity contribution in [3.05, 3.63) is 34.7 Å². The summed E-state index contributed by atoms with van der Waals surface area (Å²) >= 11 is 6.03. The number of hydrogen-bond acceptors (Lipinski definition) is 1. The fourth-order valence-electron chi connectivity index (χ4n) is 1.40. The predicted octanol–water partition coefficient (Wildman–Crippen LogP) is 3.42. The lowest BCUT2D eigenvalue weighted by atomic mass is 10.2. The highest BCUT2D eigenvalue weighted by Gasteiger charge is 2.06. The van der Waals surface area contributed by atoms with E-state index in [0.29, 0.717) is 5.92 Å². The Labute approximate surface area is 88.5 Å². The Hall–Kier alpha value is -1.02. The van der Waals surface area contributed by atoms with Crippen molar-refractivity contribution in [1.29, 1.82) is 0 Å². The van der Waals surface area contributed by atoms with E-state index < -0.39 is 0 Å². The van der Waals surface area contributed by atoms with Crippen LogP contribution in [0.2, 0.25) is 5.02 Å². The van der Waals surface area contributed by atoms with Crippen LogP contribution in [0.3, 0.4) is 0 Å². The van der Waals surface area contributed by atoms with Crippen LogP contribution < -0.4 is 0 Å². The summed E-state index contributed by atoms with van der Waals surface area (Å²) in [4.78, 5) is 4.52. The Bertz CT molecular complexity index is 432. The molecule has 0 radical (unpaired) electrons. The van der Waals surface area contributed by atoms with Gasteiger partial charge < -0.3 is 4.40 Å². The van der Waals surface area contributed by atoms with Gasteiger partial charge in [0.2, 0.25) is 0 Å². The first-order valence-corrected chi connectivity index (χ1v) is 5.10. The summed E-state index contributed by atoms with van der Waals surface area (Å²) in [5.74, 6) is 0.453. The highest BCUT2D eigenvalue weighted by Crippen LogP contribution is 2.20. The summed E-state index contributed by atoms with van der Waals surface area (Å²) in [7, 11) is 0. The molecule has 0 saturated heterocycles. The average Bonchev–Trinajstić information content (AvgIpc) is 2.48. The number of aromatic nitrogens is 2. The maximum absolute atomic E-state index is 6.03. The first-order chi connectivity index (χ1) is 6.58. The van der Waals surface area contributed by atoms with Crippen LogP contribution >= 0.6 is 11.6 Å². The minimum Gasteiger partial charge on any atom is -0.305 e. The van der Waals surface area contributed by atoms with Crippen molar-refractivity contribution in [1.82, 2.24) is 9.38 Å². The Morgan fingerprint density at radius 2 is 2.07 bits per heavy atom. The summed E-state index contributed by atoms with van der Waals surface area (Å²) in [5.41, 5.74) is 3.14. The first kappa shape index (κ1) is 9.53. The zero-order valence-electron chi connectivity index (χ0n) is 8.58. The molecule has 0 aliphatic rings. The molecule has 0 atom stereocenters. The molecule has 0 aliphatic heterocycles. The first-order valence-electron chi connectivity index (χ1n) is 4.72. The second-order valence-electron chi connectivity index (χ2n) is 3.89. The van der Waals surface area contributed by atoms with Gasteiger partial charge in [-0.2, -0.15) is 0 Å². The molecular weight excluding hydrogens is 196 g/mol. The van der Waals surface area contributed by atoms with Crippen LogP contribution in [-0.4, -0.2) is 9.38 Å². The van der Waals surface area contributed by atoms with Gasteiger partial charge in [0.1, 0.15) is 5.65 Å². The van der Waals surface area contributed by atoms with E-state index in [-0.39, 0.29) is 0 Å². The van der Waals surface area contributed by atoms with Gasteiger partial charge in [0.15, 0.2) is 0 Å². The summed E-state index contributed by atoms with van der Waals surface area (Å²) < 4.78 is 1.98. The van der Waals surface area contributed by atoms with E-state index in [1.807, 2.05) is 29.8 Å². The molecule has 3 heteroatoms. The maximum atomic E-state index is 6.03. The van der Waals surface area contributed by atoms with Crippen LogP contribution in [0.25, 0.3) is 5.65 Å². The molecule has 0 saturated carbocycles. The van der Waals surface area contributed by atoms with Crippen molar-refractivity contribution in [2.45, 2.75) is 26.7 Å². The van der Waals surface area contributed by atoms with E-state index in [1.54, 1.807) is 0 Å². The van der Waals surface area contributed by atoms with Gasteiger partial charge in [-0.1, -0.05) is 25.4 Å². The van der Waals surface area contributed by atoms with Gasteiger partial charge in [-0.05, 0) is 24.5 Å². The number of nitrogens with zero attached hydrogens (tertiary/aromatic N) is 2. The van der Waals surface area contributed by atoms with Crippen molar-refractivity contribution in [2.75, 3.05) is 0 Å². The number of hydrogen-bond donors (Lipinski definition) is 0. The van der Waals surface area contributed by atoms with Crippen molar-refractivity contribution < 1.29 is 0 Å². The Morgan fingerprint density at radius 3 is 2.71 bits per heavy atom. The standard InChI is InChI=1S/C11H13ClN2/c1-7(2)10-6-14-5-9(12)8(3)4-11(14)13-10/h4-7H,1-3H3. The van der Waals surface area contributed by atoms with Crippen LogP contribution in [0.4, 0.5) is 0 Å². The third-order valence-corrected chi connectivity index (χ3v) is 2.74. The normalized spacial score (nSPS) is 11.5. The van der Waals surface area contributed by atoms with E-state index in [0.717, 1.165) is 21.9 Å². The number of pyridine rings is 1. The Balaban J connectivity index is 2.66. The number of fused-ring (bicyclic) bond motifs is 1. The molecule has 2 aromatic rings. The van der Waals surface area contributed by atoms with Crippen LogP contribution in [0, 0.1) is 6.92 Å². The molecule has 0 bridgehead atoms. The van der Waals surface area contributed by atoms with E-state index >= 15 is 0 Å². The zero-order chi connectivity index (χ0) is 10.3. The molecule has 0 aliphatic carbocycles. The number of rotatable bonds is 1. The van der Waals surface area contributed by atoms with Crippen LogP contribution in [0.1, 0.15) is 31.0 Å². The highest BCUT2D eigenvalue weighted by atomic mass is 35.5. The molecule has 74 valence electrons. The third-order valence-electron chi connectivity index (χ3n) is 2.35. The Morgan fingerprint density at radius 1 is 1.36 bits per heavy atom. The molecule has 2 aromatic heterocycles. The lowest BCUT2D eigenvalue weighted by molar-refractivity contribution is 0.834. The van der Waals surface area contributed by atoms with Gasteiger partial charge in [-0.15, -0.1) is 0 Å². The van der Waals surface area contributed by atoms with Gasteiger partial charge in [0, 0.05) is 12.4 Å². The van der Waals surface area contributed by atoms with Crippen molar-refractivity contribution in [2.24, 2.45) is 0 Å². The summed E-state index contributed by atoms with van der Waals surface area (Å²) in [6.45, 7) is 6.26. The molecule has 0 N–H and O–H groups in total. The zero-order valence-corrected chi connectivity index (χ0v) is 9.34. The minimum atomic E-state index is 0.453. The van der Waals surface area contributed by atoms with Gasteiger partial charge >= 0.3 is 0 Å². The quantitative estimate of drug-likeness (QED) is 0.702. The molecule has 2 nitrogen and oxygen atoms in total. The lowest BCUT2D eigenvalue weighted by Crippen LogP contribution is -1.84. The molecule has 0 unspecified atom stereocenters. The van der Waals surface area contributed by atoms with Crippen LogP contribution in [0.15, 0.2) is 18.5 Å². The fraction of sp³-hybridized carbons (Fsp3) is 0.364. The van der Waals surface area contributed by atoms with Crippen LogP contribution in [-0.2, 0) is 0 Å². The molecular formula is C11H13ClN2. The van der Waals surface area contributed by atoms with Gasteiger partial charge in [-0.25, -0.2) is 4.98 Å². The number of halogens is 1. The van der Waals surface area contributed by atoms with Crippen molar-refractivity contribution in [3.63, 3.8) is 0 Å². The SMILES string of the molecule is Cc1cc2nc(C(C)C)cn2cc1Cl. The lowest BCUT2D eigenvalue weighted by Gasteiger charge is -1.97. The molecule has 2 heterocycles. The smallest absolute Gasteiger partial charge is 0.137 e. The van der Waals surface area contributed by atoms with Crippen molar-refractivity contribution in [3.8, 4) is 0 Å². The van der Waals surface area contributed by atoms with Gasteiger partial charge in [-0.3, -0.25) is 0 Å². The molecule has 0 spiro atoms. The molecule has 0 amide bonds. The van der Waals surface area contributed by atoms with Crippen LogP contribution in [0.5, 0.6) is 0 Å². The minimum absolute atomic E-state index is 0.453. The van der Waals surface area contributed by atoms with E-state index in [1.165, 1.54) is 0 Å². The average molecular weight is 209 g/mol. The molecule has 0 aromatic carbocycles. The number of aryl methyl sites for hydroxylation is 1. The predicted molar refractivity (Wildman–Crippen MR) is 59.0 cm³/mol. The monoisotopic (exact) mass is 208 g/mol. The topological polar surface area (TPSA) is 17.3 Å². The fourth-order valence-corrected chi connectivity index (χ4v) is 1.56.